The third-order valence-electron chi connectivity index (χ3n) is 6.63. The first-order valence-electron chi connectivity index (χ1n) is 13.2. The summed E-state index contributed by atoms with van der Waals surface area (Å²) in [6, 6.07) is 11.1. The van der Waals surface area contributed by atoms with Gasteiger partial charge in [0.2, 0.25) is 11.2 Å². The lowest BCUT2D eigenvalue weighted by Crippen LogP contribution is -2.31. The first-order chi connectivity index (χ1) is 20.9. The SMILES string of the molecule is Clc1cccc(Sc2cnc(Cl)n3ccnc23)c1Cl.Clc1cccc(Sc2cnc(N3CCCCC3)n3ccnc23)c1Cl.[B]. The number of fused-ring (bicyclic) bond motifs is 2. The summed E-state index contributed by atoms with van der Waals surface area (Å²) in [6.45, 7) is 2.10. The van der Waals surface area contributed by atoms with Gasteiger partial charge in [-0.15, -0.1) is 0 Å². The summed E-state index contributed by atoms with van der Waals surface area (Å²) in [5.41, 5.74) is 1.63. The molecule has 15 heteroatoms. The van der Waals surface area contributed by atoms with E-state index in [0.29, 0.717) is 25.4 Å². The highest BCUT2D eigenvalue weighted by molar-refractivity contribution is 8.00. The Balaban J connectivity index is 0.000000175. The molecule has 7 rings (SSSR count). The number of hydrogen-bond donors (Lipinski definition) is 0. The lowest BCUT2D eigenvalue weighted by Gasteiger charge is -2.28. The zero-order chi connectivity index (χ0) is 29.9. The van der Waals surface area contributed by atoms with Crippen molar-refractivity contribution < 1.29 is 0 Å². The summed E-state index contributed by atoms with van der Waals surface area (Å²) in [6.07, 6.45) is 14.5. The van der Waals surface area contributed by atoms with Crippen LogP contribution in [0.3, 0.4) is 0 Å². The summed E-state index contributed by atoms with van der Waals surface area (Å²) in [7, 11) is 0. The molecule has 0 atom stereocenters. The maximum atomic E-state index is 6.31. The third-order valence-corrected chi connectivity index (χ3v) is 10.9. The number of hydrogen-bond acceptors (Lipinski definition) is 7. The van der Waals surface area contributed by atoms with Gasteiger partial charge in [0.15, 0.2) is 11.3 Å². The Labute approximate surface area is 289 Å². The largest absolute Gasteiger partial charge is 0.342 e. The second-order valence-corrected chi connectivity index (χ2v) is 13.5. The Morgan fingerprint density at radius 3 is 1.70 bits per heavy atom. The molecule has 0 N–H and O–H groups in total. The number of piperidine rings is 1. The molecule has 4 aromatic heterocycles. The van der Waals surface area contributed by atoms with Crippen LogP contribution in [0.2, 0.25) is 25.4 Å². The quantitative estimate of drug-likeness (QED) is 0.130. The summed E-state index contributed by atoms with van der Waals surface area (Å²) >= 11 is 33.6. The van der Waals surface area contributed by atoms with E-state index in [1.54, 1.807) is 35.1 Å². The van der Waals surface area contributed by atoms with E-state index in [2.05, 4.69) is 24.3 Å². The van der Waals surface area contributed by atoms with Crippen molar-refractivity contribution in [2.75, 3.05) is 18.0 Å². The molecule has 1 aliphatic heterocycles. The van der Waals surface area contributed by atoms with Gasteiger partial charge in [-0.3, -0.25) is 8.80 Å². The Bertz CT molecular complexity index is 1910. The van der Waals surface area contributed by atoms with Crippen LogP contribution in [0.1, 0.15) is 19.3 Å². The Morgan fingerprint density at radius 1 is 0.591 bits per heavy atom. The van der Waals surface area contributed by atoms with E-state index in [1.165, 1.54) is 42.8 Å². The molecule has 5 heterocycles. The number of imidazole rings is 2. The van der Waals surface area contributed by atoms with Gasteiger partial charge >= 0.3 is 0 Å². The van der Waals surface area contributed by atoms with Crippen molar-refractivity contribution in [1.29, 1.82) is 0 Å². The summed E-state index contributed by atoms with van der Waals surface area (Å²) in [4.78, 5) is 23.5. The maximum absolute atomic E-state index is 6.31. The average Bonchev–Trinajstić information content (AvgIpc) is 3.72. The molecule has 0 aliphatic carbocycles. The lowest BCUT2D eigenvalue weighted by atomic mass is 10.1. The van der Waals surface area contributed by atoms with Crippen molar-refractivity contribution in [2.24, 2.45) is 0 Å². The van der Waals surface area contributed by atoms with Crippen LogP contribution in [-0.4, -0.2) is 50.2 Å². The number of nitrogens with zero attached hydrogens (tertiary/aromatic N) is 7. The lowest BCUT2D eigenvalue weighted by molar-refractivity contribution is 0.565. The van der Waals surface area contributed by atoms with Gasteiger partial charge in [-0.25, -0.2) is 19.9 Å². The summed E-state index contributed by atoms with van der Waals surface area (Å²) in [5, 5.41) is 2.53. The molecule has 1 fully saturated rings. The van der Waals surface area contributed by atoms with Crippen molar-refractivity contribution in [1.82, 2.24) is 28.7 Å². The standard InChI is InChI=1S/C17H16Cl2N4S.C12H6Cl3N3S.B/c18-12-5-4-6-13(15(12)19)24-14-11-21-17(22-8-2-1-3-9-22)23-10-7-20-16(14)23;13-7-2-1-3-8(10(7)14)19-9-6-17-12(15)18-5-4-16-11(9)18;/h4-7,10-11H,1-3,8-9H2;1-6H;. The molecule has 3 radical (unpaired) electrons. The van der Waals surface area contributed by atoms with E-state index in [1.807, 2.05) is 42.9 Å². The second-order valence-electron chi connectivity index (χ2n) is 9.41. The van der Waals surface area contributed by atoms with Crippen LogP contribution < -0.4 is 4.90 Å². The molecule has 6 aromatic rings. The highest BCUT2D eigenvalue weighted by Crippen LogP contribution is 2.40. The predicted molar refractivity (Wildman–Crippen MR) is 184 cm³/mol. The van der Waals surface area contributed by atoms with Gasteiger partial charge < -0.3 is 4.90 Å². The Hall–Kier alpha value is -2.31. The van der Waals surface area contributed by atoms with Crippen molar-refractivity contribution in [3.05, 3.63) is 99.0 Å². The van der Waals surface area contributed by atoms with Crippen LogP contribution in [0.15, 0.2) is 93.2 Å². The maximum Gasteiger partial charge on any atom is 0.211 e. The number of aromatic nitrogens is 6. The predicted octanol–water partition coefficient (Wildman–Crippen LogP) is 9.64. The van der Waals surface area contributed by atoms with Crippen molar-refractivity contribution in [2.45, 2.75) is 38.8 Å². The summed E-state index contributed by atoms with van der Waals surface area (Å²) < 4.78 is 3.77. The van der Waals surface area contributed by atoms with Gasteiger partial charge in [-0.2, -0.15) is 0 Å². The summed E-state index contributed by atoms with van der Waals surface area (Å²) in [5.74, 6) is 0.962. The van der Waals surface area contributed by atoms with Crippen LogP contribution >= 0.6 is 81.5 Å². The van der Waals surface area contributed by atoms with Gasteiger partial charge in [0.1, 0.15) is 0 Å². The Morgan fingerprint density at radius 2 is 1.11 bits per heavy atom. The van der Waals surface area contributed by atoms with E-state index >= 15 is 0 Å². The van der Waals surface area contributed by atoms with Gasteiger partial charge in [0.25, 0.3) is 0 Å². The monoisotopic (exact) mass is 718 g/mol. The molecule has 44 heavy (non-hydrogen) atoms. The minimum absolute atomic E-state index is 0. The van der Waals surface area contributed by atoms with Crippen LogP contribution in [0.4, 0.5) is 5.95 Å². The molecule has 0 saturated carbocycles. The minimum Gasteiger partial charge on any atom is -0.342 e. The molecular weight excluding hydrogens is 699 g/mol. The fourth-order valence-corrected chi connectivity index (χ4v) is 7.58. The van der Waals surface area contributed by atoms with Gasteiger partial charge in [-0.05, 0) is 55.1 Å². The van der Waals surface area contributed by atoms with Crippen molar-refractivity contribution in [3.8, 4) is 0 Å². The normalized spacial score (nSPS) is 13.1. The van der Waals surface area contributed by atoms with Crippen molar-refractivity contribution >= 4 is 107 Å². The number of benzene rings is 2. The molecule has 0 amide bonds. The average molecular weight is 721 g/mol. The molecular formula is C29H22BCl5N7S2. The van der Waals surface area contributed by atoms with E-state index in [0.717, 1.165) is 49.9 Å². The Kier molecular flexibility index (Phi) is 11.2. The molecule has 0 bridgehead atoms. The van der Waals surface area contributed by atoms with E-state index in [-0.39, 0.29) is 8.41 Å². The van der Waals surface area contributed by atoms with Gasteiger partial charge in [0.05, 0.1) is 29.9 Å². The van der Waals surface area contributed by atoms with E-state index in [4.69, 9.17) is 63.0 Å². The fraction of sp³-hybridized carbons (Fsp3) is 0.172. The van der Waals surface area contributed by atoms with Gasteiger partial charge in [0, 0.05) is 68.5 Å². The third kappa shape index (κ3) is 7.07. The minimum atomic E-state index is 0. The van der Waals surface area contributed by atoms with Crippen LogP contribution in [0.5, 0.6) is 0 Å². The number of anilines is 1. The second kappa shape index (κ2) is 14.9. The number of rotatable bonds is 5. The van der Waals surface area contributed by atoms with Gasteiger partial charge in [-0.1, -0.05) is 82.1 Å². The van der Waals surface area contributed by atoms with E-state index < -0.39 is 0 Å². The molecule has 2 aromatic carbocycles. The molecule has 1 aliphatic rings. The van der Waals surface area contributed by atoms with Crippen LogP contribution in [0, 0.1) is 0 Å². The first kappa shape index (κ1) is 33.1. The highest BCUT2D eigenvalue weighted by Gasteiger charge is 2.18. The molecule has 7 nitrogen and oxygen atoms in total. The zero-order valence-corrected chi connectivity index (χ0v) is 28.3. The molecule has 0 spiro atoms. The van der Waals surface area contributed by atoms with E-state index in [9.17, 15) is 0 Å². The van der Waals surface area contributed by atoms with Crippen LogP contribution in [0.25, 0.3) is 11.3 Å². The topological polar surface area (TPSA) is 63.6 Å². The highest BCUT2D eigenvalue weighted by atomic mass is 35.5. The molecule has 0 unspecified atom stereocenters. The zero-order valence-electron chi connectivity index (χ0n) is 22.9. The molecule has 1 saturated heterocycles. The first-order valence-corrected chi connectivity index (χ1v) is 16.7. The molecule has 223 valence electrons. The smallest absolute Gasteiger partial charge is 0.211 e. The fourth-order valence-electron chi connectivity index (χ4n) is 4.58. The number of halogens is 5. The van der Waals surface area contributed by atoms with Crippen LogP contribution in [-0.2, 0) is 0 Å². The van der Waals surface area contributed by atoms with Crippen molar-refractivity contribution in [3.63, 3.8) is 0 Å².